The topological polar surface area (TPSA) is 66.4 Å². The first kappa shape index (κ1) is 12.9. The molecule has 3 fully saturated rings. The molecule has 0 aliphatic heterocycles. The Kier molecular flexibility index (Phi) is 2.55. The fraction of sp³-hybridized carbons (Fsp3) is 0.867. The second-order valence-corrected chi connectivity index (χ2v) is 7.46. The minimum absolute atomic E-state index is 0.0398. The van der Waals surface area contributed by atoms with Crippen LogP contribution in [0.1, 0.15) is 46.5 Å². The van der Waals surface area contributed by atoms with E-state index in [1.807, 2.05) is 0 Å². The molecule has 4 heteroatoms. The van der Waals surface area contributed by atoms with Crippen molar-refractivity contribution in [2.75, 3.05) is 0 Å². The number of carboxylic acids is 1. The van der Waals surface area contributed by atoms with Gasteiger partial charge in [-0.3, -0.25) is 9.59 Å². The van der Waals surface area contributed by atoms with Crippen LogP contribution in [0.2, 0.25) is 0 Å². The number of carboxylic acid groups (broad SMARTS) is 1. The van der Waals surface area contributed by atoms with Crippen LogP contribution in [0.3, 0.4) is 0 Å². The zero-order valence-corrected chi connectivity index (χ0v) is 11.9. The van der Waals surface area contributed by atoms with Crippen LogP contribution in [0.5, 0.6) is 0 Å². The molecule has 3 aliphatic rings. The number of carbonyl (C=O) groups is 2. The van der Waals surface area contributed by atoms with Gasteiger partial charge in [0.2, 0.25) is 5.91 Å². The van der Waals surface area contributed by atoms with Gasteiger partial charge in [0.05, 0.1) is 11.8 Å². The van der Waals surface area contributed by atoms with E-state index in [1.165, 1.54) is 12.8 Å². The van der Waals surface area contributed by atoms with Gasteiger partial charge in [-0.2, -0.15) is 0 Å². The van der Waals surface area contributed by atoms with Crippen molar-refractivity contribution in [2.24, 2.45) is 28.6 Å². The summed E-state index contributed by atoms with van der Waals surface area (Å²) in [6, 6.07) is 0.226. The van der Waals surface area contributed by atoms with Gasteiger partial charge in [-0.1, -0.05) is 20.8 Å². The molecule has 0 aromatic rings. The van der Waals surface area contributed by atoms with Gasteiger partial charge in [0.1, 0.15) is 0 Å². The smallest absolute Gasteiger partial charge is 0.307 e. The van der Waals surface area contributed by atoms with Gasteiger partial charge in [-0.25, -0.2) is 0 Å². The van der Waals surface area contributed by atoms with E-state index in [2.05, 4.69) is 26.1 Å². The van der Waals surface area contributed by atoms with Crippen molar-refractivity contribution < 1.29 is 14.7 Å². The van der Waals surface area contributed by atoms with E-state index in [0.29, 0.717) is 12.3 Å². The van der Waals surface area contributed by atoms with E-state index in [0.717, 1.165) is 6.42 Å². The molecule has 5 unspecified atom stereocenters. The molecule has 19 heavy (non-hydrogen) atoms. The summed E-state index contributed by atoms with van der Waals surface area (Å²) in [6.45, 7) is 6.91. The molecule has 3 saturated carbocycles. The summed E-state index contributed by atoms with van der Waals surface area (Å²) in [5, 5.41) is 12.0. The molecular weight excluding hydrogens is 242 g/mol. The number of rotatable bonds is 3. The lowest BCUT2D eigenvalue weighted by atomic mass is 9.69. The van der Waals surface area contributed by atoms with Crippen molar-refractivity contribution in [1.82, 2.24) is 5.32 Å². The summed E-state index contributed by atoms with van der Waals surface area (Å²) >= 11 is 0. The number of nitrogens with one attached hydrogen (secondary N) is 1. The number of fused-ring (bicyclic) bond motifs is 2. The number of amides is 1. The van der Waals surface area contributed by atoms with E-state index < -0.39 is 11.9 Å². The number of hydrogen-bond acceptors (Lipinski definition) is 2. The quantitative estimate of drug-likeness (QED) is 0.820. The van der Waals surface area contributed by atoms with Gasteiger partial charge >= 0.3 is 5.97 Å². The van der Waals surface area contributed by atoms with Gasteiger partial charge in [-0.15, -0.1) is 0 Å². The average Bonchev–Trinajstić information content (AvgIpc) is 3.05. The molecule has 1 amide bonds. The van der Waals surface area contributed by atoms with Gasteiger partial charge < -0.3 is 10.4 Å². The third kappa shape index (κ3) is 1.65. The maximum absolute atomic E-state index is 12.1. The predicted molar refractivity (Wildman–Crippen MR) is 70.4 cm³/mol. The van der Waals surface area contributed by atoms with Gasteiger partial charge in [0, 0.05) is 6.04 Å². The highest BCUT2D eigenvalue weighted by atomic mass is 16.4. The summed E-state index contributed by atoms with van der Waals surface area (Å²) in [5.74, 6) is -0.915. The van der Waals surface area contributed by atoms with Crippen LogP contribution in [0.15, 0.2) is 0 Å². The first-order chi connectivity index (χ1) is 8.77. The minimum atomic E-state index is -0.834. The van der Waals surface area contributed by atoms with E-state index in [9.17, 15) is 9.59 Å². The molecule has 5 atom stereocenters. The SMILES string of the molecule is CC1(C)C2CCC1(C)C(NC(=O)C1CC1C(=O)O)C2. The zero-order valence-electron chi connectivity index (χ0n) is 11.9. The van der Waals surface area contributed by atoms with Crippen molar-refractivity contribution in [1.29, 1.82) is 0 Å². The summed E-state index contributed by atoms with van der Waals surface area (Å²) in [4.78, 5) is 23.0. The third-order valence-corrected chi connectivity index (χ3v) is 6.55. The van der Waals surface area contributed by atoms with Crippen LogP contribution in [-0.2, 0) is 9.59 Å². The minimum Gasteiger partial charge on any atom is -0.481 e. The zero-order chi connectivity index (χ0) is 14.0. The Morgan fingerprint density at radius 1 is 1.16 bits per heavy atom. The fourth-order valence-corrected chi connectivity index (χ4v) is 4.46. The number of hydrogen-bond donors (Lipinski definition) is 2. The van der Waals surface area contributed by atoms with E-state index >= 15 is 0 Å². The van der Waals surface area contributed by atoms with Crippen LogP contribution >= 0.6 is 0 Å². The maximum Gasteiger partial charge on any atom is 0.307 e. The average molecular weight is 265 g/mol. The van der Waals surface area contributed by atoms with Crippen LogP contribution in [0, 0.1) is 28.6 Å². The normalized spacial score (nSPS) is 46.1. The van der Waals surface area contributed by atoms with Crippen LogP contribution in [0.25, 0.3) is 0 Å². The molecule has 0 aromatic heterocycles. The molecule has 0 spiro atoms. The largest absolute Gasteiger partial charge is 0.481 e. The summed E-state index contributed by atoms with van der Waals surface area (Å²) in [7, 11) is 0. The van der Waals surface area contributed by atoms with E-state index in [-0.39, 0.29) is 28.7 Å². The van der Waals surface area contributed by atoms with Crippen molar-refractivity contribution in [3.63, 3.8) is 0 Å². The Balaban J connectivity index is 1.67. The molecular formula is C15H23NO3. The van der Waals surface area contributed by atoms with Crippen molar-refractivity contribution in [3.8, 4) is 0 Å². The standard InChI is InChI=1S/C15H23NO3/c1-14(2)8-4-5-15(14,3)11(6-8)16-12(17)9-7-10(9)13(18)19/h8-11H,4-7H2,1-3H3,(H,16,17)(H,18,19). The molecule has 0 saturated heterocycles. The van der Waals surface area contributed by atoms with E-state index in [1.54, 1.807) is 0 Å². The number of carbonyl (C=O) groups excluding carboxylic acids is 1. The molecule has 0 heterocycles. The molecule has 3 aliphatic carbocycles. The van der Waals surface area contributed by atoms with Crippen LogP contribution in [-0.4, -0.2) is 23.0 Å². The Morgan fingerprint density at radius 2 is 1.84 bits per heavy atom. The van der Waals surface area contributed by atoms with Crippen LogP contribution < -0.4 is 5.32 Å². The van der Waals surface area contributed by atoms with Crippen molar-refractivity contribution in [3.05, 3.63) is 0 Å². The highest BCUT2D eigenvalue weighted by molar-refractivity contribution is 5.89. The third-order valence-electron chi connectivity index (χ3n) is 6.55. The summed E-state index contributed by atoms with van der Waals surface area (Å²) in [5.41, 5.74) is 0.446. The molecule has 3 rings (SSSR count). The maximum atomic E-state index is 12.1. The molecule has 0 radical (unpaired) electrons. The monoisotopic (exact) mass is 265 g/mol. The summed E-state index contributed by atoms with van der Waals surface area (Å²) < 4.78 is 0. The molecule has 2 N–H and O–H groups in total. The lowest BCUT2D eigenvalue weighted by Crippen LogP contribution is -2.47. The Labute approximate surface area is 113 Å². The molecule has 106 valence electrons. The van der Waals surface area contributed by atoms with Gasteiger partial charge in [0.15, 0.2) is 0 Å². The molecule has 4 nitrogen and oxygen atoms in total. The second-order valence-electron chi connectivity index (χ2n) is 7.46. The Morgan fingerprint density at radius 3 is 2.26 bits per heavy atom. The first-order valence-electron chi connectivity index (χ1n) is 7.30. The molecule has 0 aromatic carbocycles. The van der Waals surface area contributed by atoms with Crippen molar-refractivity contribution in [2.45, 2.75) is 52.5 Å². The highest BCUT2D eigenvalue weighted by Crippen LogP contribution is 2.65. The highest BCUT2D eigenvalue weighted by Gasteiger charge is 2.62. The predicted octanol–water partition coefficient (Wildman–Crippen LogP) is 2.04. The Bertz CT molecular complexity index is 445. The van der Waals surface area contributed by atoms with Gasteiger partial charge in [0.25, 0.3) is 0 Å². The lowest BCUT2D eigenvalue weighted by molar-refractivity contribution is -0.140. The van der Waals surface area contributed by atoms with Crippen LogP contribution in [0.4, 0.5) is 0 Å². The number of aliphatic carboxylic acids is 1. The molecule has 2 bridgehead atoms. The lowest BCUT2D eigenvalue weighted by Gasteiger charge is -2.39. The van der Waals surface area contributed by atoms with Gasteiger partial charge in [-0.05, 0) is 42.4 Å². The first-order valence-corrected chi connectivity index (χ1v) is 7.30. The van der Waals surface area contributed by atoms with Crippen molar-refractivity contribution >= 4 is 11.9 Å². The second kappa shape index (κ2) is 3.74. The Hall–Kier alpha value is -1.06. The van der Waals surface area contributed by atoms with E-state index in [4.69, 9.17) is 5.11 Å². The summed E-state index contributed by atoms with van der Waals surface area (Å²) in [6.07, 6.45) is 4.00. The fourth-order valence-electron chi connectivity index (χ4n) is 4.46.